The van der Waals surface area contributed by atoms with Crippen LogP contribution in [0.25, 0.3) is 0 Å². The van der Waals surface area contributed by atoms with Crippen LogP contribution in [-0.4, -0.2) is 45.3 Å². The SMILES string of the molecule is C=CCNC(=NCc1nnc(C)n1C)N1CCC(C)CC1. The van der Waals surface area contributed by atoms with E-state index >= 15 is 0 Å². The van der Waals surface area contributed by atoms with Crippen LogP contribution in [0.4, 0.5) is 0 Å². The molecular weight excluding hydrogens is 264 g/mol. The zero-order valence-electron chi connectivity index (χ0n) is 13.3. The molecule has 2 heterocycles. The van der Waals surface area contributed by atoms with Crippen molar-refractivity contribution in [2.45, 2.75) is 33.2 Å². The van der Waals surface area contributed by atoms with Gasteiger partial charge in [0.1, 0.15) is 12.4 Å². The third-order valence-corrected chi connectivity index (χ3v) is 4.04. The Balaban J connectivity index is 2.05. The Kier molecular flexibility index (Phi) is 5.36. The van der Waals surface area contributed by atoms with Gasteiger partial charge in [-0.3, -0.25) is 0 Å². The molecule has 0 atom stereocenters. The Bertz CT molecular complexity index is 496. The first-order chi connectivity index (χ1) is 10.1. The van der Waals surface area contributed by atoms with Crippen molar-refractivity contribution in [2.75, 3.05) is 19.6 Å². The molecule has 1 aliphatic heterocycles. The Morgan fingerprint density at radius 3 is 2.71 bits per heavy atom. The average molecular weight is 290 g/mol. The summed E-state index contributed by atoms with van der Waals surface area (Å²) in [5, 5.41) is 11.6. The van der Waals surface area contributed by atoms with Crippen molar-refractivity contribution in [3.05, 3.63) is 24.3 Å². The van der Waals surface area contributed by atoms with E-state index in [4.69, 9.17) is 4.99 Å². The molecular formula is C15H26N6. The first-order valence-electron chi connectivity index (χ1n) is 7.60. The third kappa shape index (κ3) is 4.06. The standard InChI is InChI=1S/C15H26N6/c1-5-8-16-15(21-9-6-12(2)7-10-21)17-11-14-19-18-13(3)20(14)4/h5,12H,1,6-11H2,2-4H3,(H,16,17). The Morgan fingerprint density at radius 2 is 2.14 bits per heavy atom. The maximum Gasteiger partial charge on any atom is 0.194 e. The summed E-state index contributed by atoms with van der Waals surface area (Å²) >= 11 is 0. The number of hydrogen-bond acceptors (Lipinski definition) is 3. The molecule has 0 spiro atoms. The number of aryl methyl sites for hydroxylation is 1. The highest BCUT2D eigenvalue weighted by molar-refractivity contribution is 5.80. The maximum absolute atomic E-state index is 4.71. The molecule has 0 aromatic carbocycles. The highest BCUT2D eigenvalue weighted by Gasteiger charge is 2.18. The van der Waals surface area contributed by atoms with Crippen LogP contribution < -0.4 is 5.32 Å². The van der Waals surface area contributed by atoms with Gasteiger partial charge in [0.05, 0.1) is 0 Å². The summed E-state index contributed by atoms with van der Waals surface area (Å²) < 4.78 is 1.98. The van der Waals surface area contributed by atoms with Gasteiger partial charge in [0.15, 0.2) is 11.8 Å². The van der Waals surface area contributed by atoms with E-state index in [0.29, 0.717) is 6.54 Å². The van der Waals surface area contributed by atoms with Crippen LogP contribution in [0.1, 0.15) is 31.4 Å². The van der Waals surface area contributed by atoms with E-state index in [1.54, 1.807) is 0 Å². The number of likely N-dealkylation sites (tertiary alicyclic amines) is 1. The summed E-state index contributed by atoms with van der Waals surface area (Å²) in [5.41, 5.74) is 0. The van der Waals surface area contributed by atoms with Gasteiger partial charge in [0, 0.05) is 26.7 Å². The van der Waals surface area contributed by atoms with Crippen molar-refractivity contribution < 1.29 is 0 Å². The molecule has 21 heavy (non-hydrogen) atoms. The van der Waals surface area contributed by atoms with Crippen LogP contribution in [-0.2, 0) is 13.6 Å². The lowest BCUT2D eigenvalue weighted by atomic mass is 10.00. The summed E-state index contributed by atoms with van der Waals surface area (Å²) in [6, 6.07) is 0. The molecule has 2 rings (SSSR count). The number of nitrogens with zero attached hydrogens (tertiary/aromatic N) is 5. The van der Waals surface area contributed by atoms with E-state index in [-0.39, 0.29) is 0 Å². The smallest absolute Gasteiger partial charge is 0.194 e. The van der Waals surface area contributed by atoms with Gasteiger partial charge in [0.2, 0.25) is 0 Å². The molecule has 1 saturated heterocycles. The second kappa shape index (κ2) is 7.24. The first-order valence-corrected chi connectivity index (χ1v) is 7.60. The summed E-state index contributed by atoms with van der Waals surface area (Å²) in [4.78, 5) is 7.04. The van der Waals surface area contributed by atoms with Gasteiger partial charge in [-0.05, 0) is 25.7 Å². The van der Waals surface area contributed by atoms with Crippen LogP contribution >= 0.6 is 0 Å². The van der Waals surface area contributed by atoms with Crippen molar-refractivity contribution in [3.8, 4) is 0 Å². The molecule has 0 unspecified atom stereocenters. The zero-order valence-corrected chi connectivity index (χ0v) is 13.3. The summed E-state index contributed by atoms with van der Waals surface area (Å²) in [5.74, 6) is 3.55. The molecule has 0 saturated carbocycles. The van der Waals surface area contributed by atoms with E-state index < -0.39 is 0 Å². The quantitative estimate of drug-likeness (QED) is 0.518. The molecule has 1 N–H and O–H groups in total. The summed E-state index contributed by atoms with van der Waals surface area (Å²) in [6.45, 7) is 11.4. The second-order valence-electron chi connectivity index (χ2n) is 5.70. The van der Waals surface area contributed by atoms with E-state index in [2.05, 4.69) is 33.9 Å². The predicted octanol–water partition coefficient (Wildman–Crippen LogP) is 1.49. The summed E-state index contributed by atoms with van der Waals surface area (Å²) in [7, 11) is 1.97. The Labute approximate surface area is 127 Å². The monoisotopic (exact) mass is 290 g/mol. The highest BCUT2D eigenvalue weighted by Crippen LogP contribution is 2.16. The minimum atomic E-state index is 0.545. The minimum absolute atomic E-state index is 0.545. The lowest BCUT2D eigenvalue weighted by Gasteiger charge is -2.32. The molecule has 6 heteroatoms. The molecule has 116 valence electrons. The van der Waals surface area contributed by atoms with Crippen LogP contribution in [0.5, 0.6) is 0 Å². The lowest BCUT2D eigenvalue weighted by molar-refractivity contribution is 0.273. The van der Waals surface area contributed by atoms with Crippen molar-refractivity contribution in [1.82, 2.24) is 25.0 Å². The van der Waals surface area contributed by atoms with Gasteiger partial charge in [-0.1, -0.05) is 13.0 Å². The molecule has 1 aliphatic rings. The van der Waals surface area contributed by atoms with Gasteiger partial charge in [0.25, 0.3) is 0 Å². The molecule has 0 aliphatic carbocycles. The van der Waals surface area contributed by atoms with Gasteiger partial charge < -0.3 is 14.8 Å². The van der Waals surface area contributed by atoms with E-state index in [1.807, 2.05) is 24.6 Å². The molecule has 6 nitrogen and oxygen atoms in total. The molecule has 1 aromatic rings. The minimum Gasteiger partial charge on any atom is -0.353 e. The van der Waals surface area contributed by atoms with Crippen molar-refractivity contribution >= 4 is 5.96 Å². The zero-order chi connectivity index (χ0) is 15.2. The number of rotatable bonds is 4. The fraction of sp³-hybridized carbons (Fsp3) is 0.667. The van der Waals surface area contributed by atoms with Crippen LogP contribution in [0, 0.1) is 12.8 Å². The predicted molar refractivity (Wildman–Crippen MR) is 85.0 cm³/mol. The van der Waals surface area contributed by atoms with Crippen molar-refractivity contribution in [2.24, 2.45) is 18.0 Å². The number of nitrogens with one attached hydrogen (secondary N) is 1. The Hall–Kier alpha value is -1.85. The van der Waals surface area contributed by atoms with Crippen molar-refractivity contribution in [1.29, 1.82) is 0 Å². The first kappa shape index (κ1) is 15.5. The number of aliphatic imine (C=N–C) groups is 1. The summed E-state index contributed by atoms with van der Waals surface area (Å²) in [6.07, 6.45) is 4.30. The molecule has 0 bridgehead atoms. The highest BCUT2D eigenvalue weighted by atomic mass is 15.3. The topological polar surface area (TPSA) is 58.3 Å². The van der Waals surface area contributed by atoms with Gasteiger partial charge >= 0.3 is 0 Å². The molecule has 1 fully saturated rings. The van der Waals surface area contributed by atoms with Crippen LogP contribution in [0.3, 0.4) is 0 Å². The van der Waals surface area contributed by atoms with Crippen molar-refractivity contribution in [3.63, 3.8) is 0 Å². The number of guanidine groups is 1. The lowest BCUT2D eigenvalue weighted by Crippen LogP contribution is -2.45. The molecule has 1 aromatic heterocycles. The molecule has 0 radical (unpaired) electrons. The second-order valence-corrected chi connectivity index (χ2v) is 5.70. The number of hydrogen-bond donors (Lipinski definition) is 1. The average Bonchev–Trinajstić information content (AvgIpc) is 2.80. The van der Waals surface area contributed by atoms with E-state index in [0.717, 1.165) is 43.2 Å². The van der Waals surface area contributed by atoms with Crippen LogP contribution in [0.15, 0.2) is 17.6 Å². The largest absolute Gasteiger partial charge is 0.353 e. The van der Waals surface area contributed by atoms with Gasteiger partial charge in [-0.15, -0.1) is 16.8 Å². The number of aromatic nitrogens is 3. The van der Waals surface area contributed by atoms with E-state index in [9.17, 15) is 0 Å². The number of piperidine rings is 1. The normalized spacial score (nSPS) is 17.1. The maximum atomic E-state index is 4.71. The van der Waals surface area contributed by atoms with Crippen LogP contribution in [0.2, 0.25) is 0 Å². The Morgan fingerprint density at radius 1 is 1.43 bits per heavy atom. The van der Waals surface area contributed by atoms with E-state index in [1.165, 1.54) is 12.8 Å². The van der Waals surface area contributed by atoms with Gasteiger partial charge in [-0.25, -0.2) is 4.99 Å². The molecule has 0 amide bonds. The third-order valence-electron chi connectivity index (χ3n) is 4.04. The fourth-order valence-corrected chi connectivity index (χ4v) is 2.39. The van der Waals surface area contributed by atoms with Gasteiger partial charge in [-0.2, -0.15) is 0 Å². The fourth-order valence-electron chi connectivity index (χ4n) is 2.39.